The van der Waals surface area contributed by atoms with Gasteiger partial charge in [0.1, 0.15) is 5.82 Å². The first-order chi connectivity index (χ1) is 9.20. The van der Waals surface area contributed by atoms with Crippen molar-refractivity contribution in [2.24, 2.45) is 11.7 Å². The van der Waals surface area contributed by atoms with Gasteiger partial charge in [0.05, 0.1) is 10.4 Å². The average molecular weight is 354 g/mol. The number of hydrogen-bond donors (Lipinski definition) is 1. The molecule has 0 unspecified atom stereocenters. The Labute approximate surface area is 123 Å². The van der Waals surface area contributed by atoms with E-state index in [0.717, 1.165) is 5.56 Å². The molecule has 1 aromatic rings. The van der Waals surface area contributed by atoms with Crippen LogP contribution in [-0.2, 0) is 6.42 Å². The summed E-state index contributed by atoms with van der Waals surface area (Å²) in [7, 11) is 0. The Morgan fingerprint density at radius 3 is 2.35 bits per heavy atom. The van der Waals surface area contributed by atoms with E-state index in [2.05, 4.69) is 15.9 Å². The van der Waals surface area contributed by atoms with Crippen molar-refractivity contribution in [3.63, 3.8) is 0 Å². The van der Waals surface area contributed by atoms with Crippen LogP contribution in [0.15, 0.2) is 22.7 Å². The highest BCUT2D eigenvalue weighted by molar-refractivity contribution is 9.10. The fraction of sp³-hybridized carbons (Fsp3) is 0.571. The lowest BCUT2D eigenvalue weighted by molar-refractivity contribution is -0.184. The quantitative estimate of drug-likeness (QED) is 0.773. The summed E-state index contributed by atoms with van der Waals surface area (Å²) in [4.78, 5) is 0. The highest BCUT2D eigenvalue weighted by atomic mass is 79.9. The third-order valence-electron chi connectivity index (χ3n) is 3.98. The molecule has 6 heteroatoms. The largest absolute Gasteiger partial charge is 0.391 e. The van der Waals surface area contributed by atoms with Crippen LogP contribution < -0.4 is 5.73 Å². The summed E-state index contributed by atoms with van der Waals surface area (Å²) in [6.07, 6.45) is -2.83. The third kappa shape index (κ3) is 3.73. The molecule has 0 atom stereocenters. The van der Waals surface area contributed by atoms with E-state index in [1.165, 1.54) is 6.07 Å². The van der Waals surface area contributed by atoms with Gasteiger partial charge < -0.3 is 5.73 Å². The molecule has 0 amide bonds. The Bertz CT molecular complexity index is 479. The number of rotatable bonds is 2. The molecule has 2 N–H and O–H groups in total. The topological polar surface area (TPSA) is 26.0 Å². The molecule has 2 rings (SSSR count). The van der Waals surface area contributed by atoms with Crippen LogP contribution in [0.5, 0.6) is 0 Å². The molecule has 1 nitrogen and oxygen atoms in total. The SMILES string of the molecule is NC1(Cc2ccc(F)c(Br)c2)CCC(C(F)(F)F)CC1. The van der Waals surface area contributed by atoms with Crippen LogP contribution in [0.4, 0.5) is 17.6 Å². The number of halogens is 5. The molecule has 0 saturated heterocycles. The van der Waals surface area contributed by atoms with E-state index in [-0.39, 0.29) is 18.7 Å². The minimum atomic E-state index is -4.12. The Kier molecular flexibility index (Phi) is 4.44. The lowest BCUT2D eigenvalue weighted by Crippen LogP contribution is -2.47. The van der Waals surface area contributed by atoms with Gasteiger partial charge in [-0.3, -0.25) is 0 Å². The van der Waals surface area contributed by atoms with E-state index in [4.69, 9.17) is 5.73 Å². The van der Waals surface area contributed by atoms with E-state index in [1.54, 1.807) is 12.1 Å². The number of nitrogens with two attached hydrogens (primary N) is 1. The first-order valence-electron chi connectivity index (χ1n) is 6.49. The van der Waals surface area contributed by atoms with E-state index in [1.807, 2.05) is 0 Å². The van der Waals surface area contributed by atoms with Crippen LogP contribution in [0.3, 0.4) is 0 Å². The summed E-state index contributed by atoms with van der Waals surface area (Å²) in [5, 5.41) is 0. The molecule has 1 aromatic carbocycles. The highest BCUT2D eigenvalue weighted by Gasteiger charge is 2.44. The Hall–Kier alpha value is -0.620. The van der Waals surface area contributed by atoms with Gasteiger partial charge in [-0.2, -0.15) is 13.2 Å². The van der Waals surface area contributed by atoms with Crippen molar-refractivity contribution in [2.75, 3.05) is 0 Å². The molecular weight excluding hydrogens is 338 g/mol. The van der Waals surface area contributed by atoms with Gasteiger partial charge in [0.2, 0.25) is 0 Å². The minimum absolute atomic E-state index is 0.0718. The molecule has 0 aromatic heterocycles. The van der Waals surface area contributed by atoms with Crippen molar-refractivity contribution in [2.45, 2.75) is 43.8 Å². The maximum atomic E-state index is 13.2. The summed E-state index contributed by atoms with van der Waals surface area (Å²) >= 11 is 3.10. The maximum Gasteiger partial charge on any atom is 0.391 e. The van der Waals surface area contributed by atoms with E-state index in [9.17, 15) is 17.6 Å². The van der Waals surface area contributed by atoms with E-state index in [0.29, 0.717) is 23.7 Å². The van der Waals surface area contributed by atoms with Gasteiger partial charge in [0.15, 0.2) is 0 Å². The standard InChI is InChI=1S/C14H16BrF4N/c15-11-7-9(1-2-12(11)16)8-13(20)5-3-10(4-6-13)14(17,18)19/h1-2,7,10H,3-6,8,20H2. The van der Waals surface area contributed by atoms with Crippen LogP contribution in [0.2, 0.25) is 0 Å². The smallest absolute Gasteiger partial charge is 0.325 e. The summed E-state index contributed by atoms with van der Waals surface area (Å²) in [6, 6.07) is 4.61. The minimum Gasteiger partial charge on any atom is -0.325 e. The first kappa shape index (κ1) is 15.8. The van der Waals surface area contributed by atoms with Gasteiger partial charge in [-0.25, -0.2) is 4.39 Å². The molecule has 1 saturated carbocycles. The van der Waals surface area contributed by atoms with Gasteiger partial charge in [-0.15, -0.1) is 0 Å². The molecule has 112 valence electrons. The molecule has 1 aliphatic rings. The maximum absolute atomic E-state index is 13.2. The van der Waals surface area contributed by atoms with E-state index >= 15 is 0 Å². The van der Waals surface area contributed by atoms with Crippen molar-refractivity contribution in [3.05, 3.63) is 34.1 Å². The van der Waals surface area contributed by atoms with Crippen LogP contribution in [-0.4, -0.2) is 11.7 Å². The Balaban J connectivity index is 2.01. The second-order valence-corrected chi connectivity index (χ2v) is 6.46. The predicted molar refractivity (Wildman–Crippen MR) is 72.7 cm³/mol. The summed E-state index contributed by atoms with van der Waals surface area (Å²) < 4.78 is 51.4. The predicted octanol–water partition coefficient (Wildman–Crippen LogP) is 4.58. The zero-order chi connectivity index (χ0) is 15.0. The van der Waals surface area contributed by atoms with Gasteiger partial charge >= 0.3 is 6.18 Å². The molecule has 0 aliphatic heterocycles. The zero-order valence-electron chi connectivity index (χ0n) is 10.8. The van der Waals surface area contributed by atoms with Gasteiger partial charge in [-0.05, 0) is 65.7 Å². The molecule has 1 fully saturated rings. The van der Waals surface area contributed by atoms with Crippen LogP contribution in [0.1, 0.15) is 31.2 Å². The van der Waals surface area contributed by atoms with Crippen LogP contribution in [0, 0.1) is 11.7 Å². The molecule has 0 heterocycles. The summed E-state index contributed by atoms with van der Waals surface area (Å²) in [6.45, 7) is 0. The average Bonchev–Trinajstić information content (AvgIpc) is 2.33. The van der Waals surface area contributed by atoms with Crippen molar-refractivity contribution in [3.8, 4) is 0 Å². The number of alkyl halides is 3. The van der Waals surface area contributed by atoms with Gasteiger partial charge in [-0.1, -0.05) is 6.07 Å². The second kappa shape index (κ2) is 5.64. The molecular formula is C14H16BrF4N. The monoisotopic (exact) mass is 353 g/mol. The van der Waals surface area contributed by atoms with Crippen molar-refractivity contribution in [1.82, 2.24) is 0 Å². The van der Waals surface area contributed by atoms with Crippen LogP contribution in [0.25, 0.3) is 0 Å². The van der Waals surface area contributed by atoms with Crippen molar-refractivity contribution >= 4 is 15.9 Å². The van der Waals surface area contributed by atoms with E-state index < -0.39 is 17.6 Å². The lowest BCUT2D eigenvalue weighted by Gasteiger charge is -2.38. The van der Waals surface area contributed by atoms with Crippen molar-refractivity contribution in [1.29, 1.82) is 0 Å². The third-order valence-corrected chi connectivity index (χ3v) is 4.59. The van der Waals surface area contributed by atoms with Crippen molar-refractivity contribution < 1.29 is 17.6 Å². The van der Waals surface area contributed by atoms with Crippen LogP contribution >= 0.6 is 15.9 Å². The fourth-order valence-electron chi connectivity index (χ4n) is 2.75. The van der Waals surface area contributed by atoms with Gasteiger partial charge in [0.25, 0.3) is 0 Å². The normalized spacial score (nSPS) is 27.6. The van der Waals surface area contributed by atoms with Gasteiger partial charge in [0, 0.05) is 5.54 Å². The fourth-order valence-corrected chi connectivity index (χ4v) is 3.18. The Morgan fingerprint density at radius 2 is 1.85 bits per heavy atom. The summed E-state index contributed by atoms with van der Waals surface area (Å²) in [5.41, 5.74) is 6.42. The molecule has 0 bridgehead atoms. The summed E-state index contributed by atoms with van der Waals surface area (Å²) in [5.74, 6) is -1.60. The molecule has 1 aliphatic carbocycles. The Morgan fingerprint density at radius 1 is 1.25 bits per heavy atom. The number of benzene rings is 1. The molecule has 20 heavy (non-hydrogen) atoms. The zero-order valence-corrected chi connectivity index (χ0v) is 12.4. The lowest BCUT2D eigenvalue weighted by atomic mass is 9.74. The first-order valence-corrected chi connectivity index (χ1v) is 7.28. The highest BCUT2D eigenvalue weighted by Crippen LogP contribution is 2.41. The second-order valence-electron chi connectivity index (χ2n) is 5.60. The molecule has 0 radical (unpaired) electrons. The number of hydrogen-bond acceptors (Lipinski definition) is 1. The molecule has 0 spiro atoms.